The highest BCUT2D eigenvalue weighted by Crippen LogP contribution is 2.59. The molecule has 0 spiro atoms. The monoisotopic (exact) mass is 257 g/mol. The average Bonchev–Trinajstić information content (AvgIpc) is 2.81. The lowest BCUT2D eigenvalue weighted by Crippen LogP contribution is -2.53. The number of aromatic nitrogens is 2. The van der Waals surface area contributed by atoms with Crippen LogP contribution in [0.2, 0.25) is 0 Å². The first-order valence-electron chi connectivity index (χ1n) is 8.09. The minimum Gasteiger partial charge on any atom is -0.312 e. The molecule has 102 valence electrons. The Balaban J connectivity index is 1.60. The van der Waals surface area contributed by atoms with Gasteiger partial charge in [0.25, 0.3) is 0 Å². The van der Waals surface area contributed by atoms with Crippen LogP contribution < -0.4 is 5.32 Å². The Kier molecular flexibility index (Phi) is 2.08. The van der Waals surface area contributed by atoms with Crippen molar-refractivity contribution in [1.82, 2.24) is 15.1 Å². The van der Waals surface area contributed by atoms with E-state index in [1.807, 2.05) is 0 Å². The molecule has 0 atom stereocenters. The predicted octanol–water partition coefficient (Wildman–Crippen LogP) is 2.45. The van der Waals surface area contributed by atoms with Gasteiger partial charge in [-0.25, -0.2) is 0 Å². The standard InChI is InChI=1S/C16H23N3/c1-2-17-9-14-10-18-19(15(1)14)16-6-11-3-12(7-16)5-13(4-11)8-16/h10-13,17H,1-9H2. The third-order valence-electron chi connectivity index (χ3n) is 6.26. The molecule has 4 saturated carbocycles. The van der Waals surface area contributed by atoms with Crippen molar-refractivity contribution in [2.75, 3.05) is 6.54 Å². The van der Waals surface area contributed by atoms with Crippen LogP contribution in [0.25, 0.3) is 0 Å². The summed E-state index contributed by atoms with van der Waals surface area (Å²) in [5, 5.41) is 8.34. The predicted molar refractivity (Wildman–Crippen MR) is 73.8 cm³/mol. The van der Waals surface area contributed by atoms with E-state index < -0.39 is 0 Å². The third-order valence-corrected chi connectivity index (χ3v) is 6.26. The average molecular weight is 257 g/mol. The van der Waals surface area contributed by atoms with E-state index in [1.165, 1.54) is 50.5 Å². The molecule has 19 heavy (non-hydrogen) atoms. The summed E-state index contributed by atoms with van der Waals surface area (Å²) in [6, 6.07) is 0. The van der Waals surface area contributed by atoms with Crippen LogP contribution in [0.1, 0.15) is 49.8 Å². The molecule has 5 aliphatic rings. The van der Waals surface area contributed by atoms with Crippen LogP contribution in [-0.2, 0) is 18.5 Å². The zero-order valence-corrected chi connectivity index (χ0v) is 11.6. The lowest BCUT2D eigenvalue weighted by molar-refractivity contribution is -0.0508. The van der Waals surface area contributed by atoms with E-state index in [0.29, 0.717) is 5.54 Å². The smallest absolute Gasteiger partial charge is 0.0638 e. The first-order valence-corrected chi connectivity index (χ1v) is 8.09. The maximum absolute atomic E-state index is 4.86. The summed E-state index contributed by atoms with van der Waals surface area (Å²) in [7, 11) is 0. The Bertz CT molecular complexity index is 481. The Labute approximate surface area is 114 Å². The van der Waals surface area contributed by atoms with Crippen LogP contribution in [0.4, 0.5) is 0 Å². The molecular weight excluding hydrogens is 234 g/mol. The largest absolute Gasteiger partial charge is 0.312 e. The first kappa shape index (κ1) is 10.9. The van der Waals surface area contributed by atoms with Crippen LogP contribution in [0.3, 0.4) is 0 Å². The highest BCUT2D eigenvalue weighted by atomic mass is 15.3. The summed E-state index contributed by atoms with van der Waals surface area (Å²) in [5.74, 6) is 3.02. The van der Waals surface area contributed by atoms with E-state index >= 15 is 0 Å². The molecule has 1 N–H and O–H groups in total. The van der Waals surface area contributed by atoms with Crippen molar-refractivity contribution in [3.63, 3.8) is 0 Å². The minimum absolute atomic E-state index is 0.416. The van der Waals surface area contributed by atoms with Crippen molar-refractivity contribution in [1.29, 1.82) is 0 Å². The van der Waals surface area contributed by atoms with Gasteiger partial charge < -0.3 is 5.32 Å². The molecule has 4 aliphatic carbocycles. The summed E-state index contributed by atoms with van der Waals surface area (Å²) in [6.45, 7) is 2.16. The second kappa shape index (κ2) is 3.63. The maximum atomic E-state index is 4.86. The quantitative estimate of drug-likeness (QED) is 0.837. The molecule has 1 aromatic heterocycles. The van der Waals surface area contributed by atoms with Gasteiger partial charge >= 0.3 is 0 Å². The van der Waals surface area contributed by atoms with E-state index in [2.05, 4.69) is 16.2 Å². The molecule has 4 bridgehead atoms. The molecule has 4 fully saturated rings. The molecule has 6 rings (SSSR count). The van der Waals surface area contributed by atoms with Gasteiger partial charge in [-0.3, -0.25) is 4.68 Å². The molecule has 1 aromatic rings. The first-order chi connectivity index (χ1) is 9.32. The highest BCUT2D eigenvalue weighted by Gasteiger charge is 2.53. The van der Waals surface area contributed by atoms with E-state index in [4.69, 9.17) is 5.10 Å². The van der Waals surface area contributed by atoms with Crippen LogP contribution in [0, 0.1) is 17.8 Å². The van der Waals surface area contributed by atoms with Gasteiger partial charge in [0.05, 0.1) is 11.7 Å². The Hall–Kier alpha value is -0.830. The van der Waals surface area contributed by atoms with Gasteiger partial charge in [0, 0.05) is 30.8 Å². The van der Waals surface area contributed by atoms with Crippen LogP contribution in [0.15, 0.2) is 6.20 Å². The Morgan fingerprint density at radius 1 is 1.11 bits per heavy atom. The van der Waals surface area contributed by atoms with Gasteiger partial charge in [-0.15, -0.1) is 0 Å². The van der Waals surface area contributed by atoms with Crippen LogP contribution in [-0.4, -0.2) is 16.3 Å². The Morgan fingerprint density at radius 2 is 1.79 bits per heavy atom. The maximum Gasteiger partial charge on any atom is 0.0638 e. The molecule has 0 radical (unpaired) electrons. The zero-order valence-electron chi connectivity index (χ0n) is 11.6. The normalized spacial score (nSPS) is 43.5. The van der Waals surface area contributed by atoms with E-state index in [0.717, 1.165) is 30.8 Å². The summed E-state index contributed by atoms with van der Waals surface area (Å²) in [4.78, 5) is 0. The van der Waals surface area contributed by atoms with Crippen molar-refractivity contribution in [2.45, 2.75) is 57.0 Å². The Morgan fingerprint density at radius 3 is 2.47 bits per heavy atom. The number of fused-ring (bicyclic) bond motifs is 1. The number of nitrogens with one attached hydrogen (secondary N) is 1. The molecule has 3 heteroatoms. The molecule has 0 amide bonds. The second-order valence-corrected chi connectivity index (χ2v) is 7.60. The van der Waals surface area contributed by atoms with Gasteiger partial charge in [0.15, 0.2) is 0 Å². The minimum atomic E-state index is 0.416. The van der Waals surface area contributed by atoms with Crippen molar-refractivity contribution in [2.24, 2.45) is 17.8 Å². The molecule has 0 unspecified atom stereocenters. The van der Waals surface area contributed by atoms with Crippen LogP contribution in [0.5, 0.6) is 0 Å². The molecule has 3 nitrogen and oxygen atoms in total. The molecule has 2 heterocycles. The van der Waals surface area contributed by atoms with Gasteiger partial charge in [-0.05, 0) is 56.3 Å². The third kappa shape index (κ3) is 1.45. The van der Waals surface area contributed by atoms with E-state index in [1.54, 1.807) is 5.69 Å². The molecular formula is C16H23N3. The summed E-state index contributed by atoms with van der Waals surface area (Å²) < 4.78 is 2.51. The zero-order chi connectivity index (χ0) is 12.4. The fourth-order valence-corrected chi connectivity index (χ4v) is 5.98. The summed E-state index contributed by atoms with van der Waals surface area (Å²) >= 11 is 0. The number of rotatable bonds is 1. The van der Waals surface area contributed by atoms with Gasteiger partial charge in [-0.2, -0.15) is 5.10 Å². The van der Waals surface area contributed by atoms with Crippen molar-refractivity contribution in [3.8, 4) is 0 Å². The lowest BCUT2D eigenvalue weighted by Gasteiger charge is -2.57. The number of hydrogen-bond donors (Lipinski definition) is 1. The van der Waals surface area contributed by atoms with Crippen molar-refractivity contribution >= 4 is 0 Å². The van der Waals surface area contributed by atoms with Crippen LogP contribution >= 0.6 is 0 Å². The lowest BCUT2D eigenvalue weighted by atomic mass is 9.53. The van der Waals surface area contributed by atoms with Gasteiger partial charge in [0.2, 0.25) is 0 Å². The van der Waals surface area contributed by atoms with Gasteiger partial charge in [-0.1, -0.05) is 0 Å². The number of hydrogen-bond acceptors (Lipinski definition) is 2. The second-order valence-electron chi connectivity index (χ2n) is 7.60. The fourth-order valence-electron chi connectivity index (χ4n) is 5.98. The summed E-state index contributed by atoms with van der Waals surface area (Å²) in [5.41, 5.74) is 3.43. The molecule has 0 aromatic carbocycles. The molecule has 1 aliphatic heterocycles. The van der Waals surface area contributed by atoms with Crippen molar-refractivity contribution in [3.05, 3.63) is 17.5 Å². The fraction of sp³-hybridized carbons (Fsp3) is 0.812. The molecule has 0 saturated heterocycles. The summed E-state index contributed by atoms with van der Waals surface area (Å²) in [6.07, 6.45) is 12.1. The number of nitrogens with zero attached hydrogens (tertiary/aromatic N) is 2. The SMILES string of the molecule is c1nn(C23CC4CC(CC(C4)C2)C3)c2c1CNCC2. The topological polar surface area (TPSA) is 29.9 Å². The van der Waals surface area contributed by atoms with E-state index in [9.17, 15) is 0 Å². The van der Waals surface area contributed by atoms with E-state index in [-0.39, 0.29) is 0 Å². The van der Waals surface area contributed by atoms with Gasteiger partial charge in [0.1, 0.15) is 0 Å². The van der Waals surface area contributed by atoms with Crippen molar-refractivity contribution < 1.29 is 0 Å². The highest BCUT2D eigenvalue weighted by molar-refractivity contribution is 5.23.